The summed E-state index contributed by atoms with van der Waals surface area (Å²) in [6, 6.07) is 9.23. The minimum absolute atomic E-state index is 0.161. The number of hydrogen-bond donors (Lipinski definition) is 1. The van der Waals surface area contributed by atoms with Gasteiger partial charge in [0.1, 0.15) is 17.1 Å². The van der Waals surface area contributed by atoms with Crippen molar-refractivity contribution in [3.8, 4) is 5.75 Å². The fourth-order valence-corrected chi connectivity index (χ4v) is 5.60. The number of unbranched alkanes of at least 4 members (excludes halogenated alkanes) is 1. The molecule has 9 heteroatoms. The van der Waals surface area contributed by atoms with Crippen LogP contribution in [-0.4, -0.2) is 46.6 Å². The molecule has 2 aliphatic rings. The highest BCUT2D eigenvalue weighted by atomic mass is 35.5. The van der Waals surface area contributed by atoms with Crippen molar-refractivity contribution in [2.24, 2.45) is 0 Å². The predicted octanol–water partition coefficient (Wildman–Crippen LogP) is 5.11. The van der Waals surface area contributed by atoms with Crippen LogP contribution in [-0.2, 0) is 11.2 Å². The summed E-state index contributed by atoms with van der Waals surface area (Å²) in [6.07, 6.45) is 5.92. The van der Waals surface area contributed by atoms with Crippen molar-refractivity contribution in [3.05, 3.63) is 68.9 Å². The van der Waals surface area contributed by atoms with Crippen LogP contribution in [0.5, 0.6) is 5.75 Å². The number of amides is 1. The number of ether oxygens (including phenoxy) is 2. The Bertz CT molecular complexity index is 1550. The Hall–Kier alpha value is -3.36. The summed E-state index contributed by atoms with van der Waals surface area (Å²) in [5, 5.41) is 0.657. The number of imidazole rings is 1. The van der Waals surface area contributed by atoms with Gasteiger partial charge in [-0.2, -0.15) is 0 Å². The third-order valence-corrected chi connectivity index (χ3v) is 7.60. The lowest BCUT2D eigenvalue weighted by Crippen LogP contribution is -2.29. The van der Waals surface area contributed by atoms with Crippen molar-refractivity contribution in [1.82, 2.24) is 14.4 Å². The number of carbonyl (C=O) groups is 1. The largest absolute Gasteiger partial charge is 0.493 e. The number of H-pyrrole nitrogens is 1. The van der Waals surface area contributed by atoms with E-state index in [-0.39, 0.29) is 17.4 Å². The highest BCUT2D eigenvalue weighted by Crippen LogP contribution is 2.35. The number of carbonyl (C=O) groups excluding carboxylic acids is 1. The molecule has 6 rings (SSSR count). The van der Waals surface area contributed by atoms with Crippen LogP contribution in [0.3, 0.4) is 0 Å². The van der Waals surface area contributed by atoms with E-state index in [4.69, 9.17) is 21.1 Å². The Morgan fingerprint density at radius 3 is 2.86 bits per heavy atom. The molecule has 0 saturated carbocycles. The van der Waals surface area contributed by atoms with Crippen LogP contribution in [0.1, 0.15) is 60.3 Å². The minimum Gasteiger partial charge on any atom is -0.493 e. The van der Waals surface area contributed by atoms with Crippen molar-refractivity contribution in [3.63, 3.8) is 0 Å². The second-order valence-corrected chi connectivity index (χ2v) is 10.2. The molecule has 2 aromatic carbocycles. The zero-order valence-corrected chi connectivity index (χ0v) is 21.5. The maximum Gasteiger partial charge on any atom is 0.274 e. The standard InChI is InChI=1S/C28H29ClN4O4/c1-2-3-10-37-25-15-23-21(14-20(25)28(35)32-9-6-18-13-19(29)4-5-22(18)32)31-27(34)24-16-30-26(33(23)24)17-7-11-36-12-8-17/h4-5,13-17H,2-3,6-12H2,1H3,(H,31,34). The van der Waals surface area contributed by atoms with E-state index in [0.717, 1.165) is 54.7 Å². The second-order valence-electron chi connectivity index (χ2n) is 9.73. The van der Waals surface area contributed by atoms with E-state index in [9.17, 15) is 9.59 Å². The van der Waals surface area contributed by atoms with Gasteiger partial charge in [0.05, 0.1) is 29.4 Å². The molecule has 0 aliphatic carbocycles. The first kappa shape index (κ1) is 24.0. The van der Waals surface area contributed by atoms with Gasteiger partial charge < -0.3 is 19.4 Å². The molecule has 1 saturated heterocycles. The van der Waals surface area contributed by atoms with Crippen LogP contribution in [0.4, 0.5) is 5.69 Å². The number of nitrogens with zero attached hydrogens (tertiary/aromatic N) is 3. The Morgan fingerprint density at radius 2 is 2.05 bits per heavy atom. The zero-order chi connectivity index (χ0) is 25.5. The minimum atomic E-state index is -0.238. The predicted molar refractivity (Wildman–Crippen MR) is 143 cm³/mol. The summed E-state index contributed by atoms with van der Waals surface area (Å²) in [7, 11) is 0. The number of fused-ring (bicyclic) bond motifs is 4. The zero-order valence-electron chi connectivity index (χ0n) is 20.8. The third kappa shape index (κ3) is 4.28. The van der Waals surface area contributed by atoms with Crippen molar-refractivity contribution >= 4 is 39.7 Å². The van der Waals surface area contributed by atoms with Crippen molar-refractivity contribution in [2.75, 3.05) is 31.3 Å². The highest BCUT2D eigenvalue weighted by Gasteiger charge is 2.29. The average molecular weight is 521 g/mol. The molecule has 1 fully saturated rings. The van der Waals surface area contributed by atoms with Gasteiger partial charge in [-0.05, 0) is 55.5 Å². The van der Waals surface area contributed by atoms with Gasteiger partial charge in [0.15, 0.2) is 0 Å². The molecule has 37 heavy (non-hydrogen) atoms. The second kappa shape index (κ2) is 9.84. The van der Waals surface area contributed by atoms with Crippen LogP contribution in [0.2, 0.25) is 5.02 Å². The first-order chi connectivity index (χ1) is 18.0. The molecule has 0 spiro atoms. The van der Waals surface area contributed by atoms with Gasteiger partial charge in [0, 0.05) is 42.5 Å². The van der Waals surface area contributed by atoms with Gasteiger partial charge in [-0.25, -0.2) is 4.98 Å². The summed E-state index contributed by atoms with van der Waals surface area (Å²) in [5.74, 6) is 1.39. The number of benzene rings is 2. The average Bonchev–Trinajstić information content (AvgIpc) is 3.54. The van der Waals surface area contributed by atoms with E-state index >= 15 is 0 Å². The molecular weight excluding hydrogens is 492 g/mol. The summed E-state index contributed by atoms with van der Waals surface area (Å²) < 4.78 is 13.7. The quantitative estimate of drug-likeness (QED) is 0.357. The molecule has 2 aromatic heterocycles. The maximum absolute atomic E-state index is 13.9. The first-order valence-corrected chi connectivity index (χ1v) is 13.3. The van der Waals surface area contributed by atoms with Crippen molar-refractivity contribution < 1.29 is 14.3 Å². The lowest BCUT2D eigenvalue weighted by Gasteiger charge is -2.22. The fourth-order valence-electron chi connectivity index (χ4n) is 5.40. The number of rotatable bonds is 6. The molecule has 0 atom stereocenters. The van der Waals surface area contributed by atoms with Crippen LogP contribution >= 0.6 is 11.6 Å². The monoisotopic (exact) mass is 520 g/mol. The third-order valence-electron chi connectivity index (χ3n) is 7.36. The summed E-state index contributed by atoms with van der Waals surface area (Å²) in [5.41, 5.74) is 3.92. The number of nitrogens with one attached hydrogen (secondary N) is 1. The summed E-state index contributed by atoms with van der Waals surface area (Å²) in [4.78, 5) is 36.3. The number of hydrogen-bond acceptors (Lipinski definition) is 5. The molecule has 192 valence electrons. The molecule has 1 N–H and O–H groups in total. The first-order valence-electron chi connectivity index (χ1n) is 12.9. The van der Waals surface area contributed by atoms with Gasteiger partial charge in [0.25, 0.3) is 11.5 Å². The maximum atomic E-state index is 13.9. The van der Waals surface area contributed by atoms with E-state index < -0.39 is 0 Å². The van der Waals surface area contributed by atoms with Gasteiger partial charge >= 0.3 is 0 Å². The smallest absolute Gasteiger partial charge is 0.274 e. The number of anilines is 1. The van der Waals surface area contributed by atoms with Crippen LogP contribution < -0.4 is 15.2 Å². The Kier molecular flexibility index (Phi) is 6.38. The SMILES string of the molecule is CCCCOc1cc2c(cc1C(=O)N1CCc3cc(Cl)ccc31)[nH]c(=O)c1cnc(C3CCOCC3)n12. The molecule has 0 radical (unpaired) electrons. The molecule has 0 bridgehead atoms. The molecule has 1 amide bonds. The molecule has 8 nitrogen and oxygen atoms in total. The Balaban J connectivity index is 1.50. The molecule has 0 unspecified atom stereocenters. The molecule has 2 aliphatic heterocycles. The van der Waals surface area contributed by atoms with Gasteiger partial charge in [0.2, 0.25) is 0 Å². The molecule has 4 aromatic rings. The molecular formula is C28H29ClN4O4. The highest BCUT2D eigenvalue weighted by molar-refractivity contribution is 6.30. The van der Waals surface area contributed by atoms with Gasteiger partial charge in [-0.1, -0.05) is 24.9 Å². The summed E-state index contributed by atoms with van der Waals surface area (Å²) >= 11 is 6.18. The van der Waals surface area contributed by atoms with Crippen LogP contribution in [0, 0.1) is 0 Å². The fraction of sp³-hybridized carbons (Fsp3) is 0.393. The Morgan fingerprint density at radius 1 is 1.22 bits per heavy atom. The Labute approximate surface area is 219 Å². The number of aromatic nitrogens is 3. The van der Waals surface area contributed by atoms with Gasteiger partial charge in [-0.15, -0.1) is 0 Å². The summed E-state index contributed by atoms with van der Waals surface area (Å²) in [6.45, 7) is 4.51. The van der Waals surface area contributed by atoms with E-state index in [1.807, 2.05) is 22.6 Å². The van der Waals surface area contributed by atoms with Crippen LogP contribution in [0.25, 0.3) is 16.6 Å². The van der Waals surface area contributed by atoms with Crippen LogP contribution in [0.15, 0.2) is 41.3 Å². The topological polar surface area (TPSA) is 88.9 Å². The number of aromatic amines is 1. The van der Waals surface area contributed by atoms with E-state index in [1.54, 1.807) is 23.2 Å². The van der Waals surface area contributed by atoms with Crippen molar-refractivity contribution in [1.29, 1.82) is 0 Å². The van der Waals surface area contributed by atoms with Crippen molar-refractivity contribution in [2.45, 2.75) is 44.9 Å². The normalized spacial score (nSPS) is 16.0. The van der Waals surface area contributed by atoms with Gasteiger partial charge in [-0.3, -0.25) is 14.0 Å². The van der Waals surface area contributed by atoms with E-state index in [0.29, 0.717) is 53.7 Å². The number of halogens is 1. The lowest BCUT2D eigenvalue weighted by atomic mass is 9.99. The molecule has 4 heterocycles. The van der Waals surface area contributed by atoms with E-state index in [1.165, 1.54) is 0 Å². The lowest BCUT2D eigenvalue weighted by molar-refractivity contribution is 0.0835. The van der Waals surface area contributed by atoms with E-state index in [2.05, 4.69) is 16.9 Å².